The third-order valence-electron chi connectivity index (χ3n) is 5.27. The summed E-state index contributed by atoms with van der Waals surface area (Å²) in [4.78, 5) is 17.0. The van der Waals surface area contributed by atoms with Crippen LogP contribution in [0.1, 0.15) is 18.5 Å². The molecule has 2 heterocycles. The zero-order chi connectivity index (χ0) is 21.5. The van der Waals surface area contributed by atoms with Gasteiger partial charge in [-0.15, -0.1) is 0 Å². The Hall–Kier alpha value is -2.91. The number of rotatable bonds is 5. The molecule has 0 bridgehead atoms. The first-order valence-corrected chi connectivity index (χ1v) is 9.89. The average Bonchev–Trinajstić information content (AvgIpc) is 3.20. The molecule has 0 amide bonds. The third-order valence-corrected chi connectivity index (χ3v) is 5.76. The highest BCUT2D eigenvalue weighted by Gasteiger charge is 2.40. The Morgan fingerprint density at radius 3 is 2.70 bits per heavy atom. The fraction of sp³-hybridized carbons (Fsp3) is 0.190. The van der Waals surface area contributed by atoms with Crippen LogP contribution in [-0.2, 0) is 12.1 Å². The fourth-order valence-corrected chi connectivity index (χ4v) is 3.99. The fourth-order valence-electron chi connectivity index (χ4n) is 3.61. The van der Waals surface area contributed by atoms with Crippen molar-refractivity contribution in [3.8, 4) is 0 Å². The summed E-state index contributed by atoms with van der Waals surface area (Å²) in [7, 11) is 0. The van der Waals surface area contributed by atoms with E-state index in [4.69, 9.17) is 0 Å². The maximum Gasteiger partial charge on any atom is 0.258 e. The van der Waals surface area contributed by atoms with Crippen LogP contribution in [0.2, 0.25) is 0 Å². The Kier molecular flexibility index (Phi) is 5.25. The minimum absolute atomic E-state index is 0.144. The van der Waals surface area contributed by atoms with Crippen LogP contribution in [0.15, 0.2) is 70.6 Å². The van der Waals surface area contributed by atoms with Crippen LogP contribution in [0.4, 0.5) is 8.78 Å². The van der Waals surface area contributed by atoms with E-state index in [9.17, 15) is 18.7 Å². The molecule has 0 spiro atoms. The first-order valence-electron chi connectivity index (χ1n) is 9.10. The number of fused-ring (bicyclic) bond motifs is 1. The monoisotopic (exact) mass is 474 g/mol. The average molecular weight is 475 g/mol. The molecule has 2 aromatic heterocycles. The Balaban J connectivity index is 1.88. The van der Waals surface area contributed by atoms with Crippen molar-refractivity contribution in [3.05, 3.63) is 93.3 Å². The zero-order valence-electron chi connectivity index (χ0n) is 15.8. The van der Waals surface area contributed by atoms with E-state index in [-0.39, 0.29) is 17.7 Å². The summed E-state index contributed by atoms with van der Waals surface area (Å²) in [6.07, 6.45) is 4.21. The second-order valence-electron chi connectivity index (χ2n) is 7.08. The van der Waals surface area contributed by atoms with Gasteiger partial charge in [-0.1, -0.05) is 22.0 Å². The summed E-state index contributed by atoms with van der Waals surface area (Å²) in [6.45, 7) is 1.41. The molecule has 9 heteroatoms. The Morgan fingerprint density at radius 1 is 1.20 bits per heavy atom. The van der Waals surface area contributed by atoms with Crippen LogP contribution < -0.4 is 5.56 Å². The van der Waals surface area contributed by atoms with E-state index in [0.717, 1.165) is 15.9 Å². The standard InChI is InChI=1S/C21H17BrF2N4O2/c1-13(28-7-6-14-8-15(22)2-4-17(14)20(28)29)21(30,10-27-12-25-11-26-27)18-5-3-16(23)9-19(18)24/h2-9,11-13,30H,10H2,1H3/t13-,21-/m1/s1. The summed E-state index contributed by atoms with van der Waals surface area (Å²) in [5, 5.41) is 16.8. The van der Waals surface area contributed by atoms with Crippen LogP contribution in [0.5, 0.6) is 0 Å². The molecule has 154 valence electrons. The largest absolute Gasteiger partial charge is 0.381 e. The lowest BCUT2D eigenvalue weighted by molar-refractivity contribution is -0.0340. The number of nitrogens with zero attached hydrogens (tertiary/aromatic N) is 4. The second kappa shape index (κ2) is 7.73. The van der Waals surface area contributed by atoms with Crippen molar-refractivity contribution in [2.75, 3.05) is 0 Å². The number of aliphatic hydroxyl groups is 1. The van der Waals surface area contributed by atoms with E-state index in [1.165, 1.54) is 28.0 Å². The molecule has 0 fully saturated rings. The lowest BCUT2D eigenvalue weighted by Gasteiger charge is -2.35. The zero-order valence-corrected chi connectivity index (χ0v) is 17.4. The molecule has 30 heavy (non-hydrogen) atoms. The number of benzene rings is 2. The normalized spacial score (nSPS) is 14.6. The smallest absolute Gasteiger partial charge is 0.258 e. The lowest BCUT2D eigenvalue weighted by Crippen LogP contribution is -2.43. The summed E-state index contributed by atoms with van der Waals surface area (Å²) in [5.74, 6) is -1.68. The van der Waals surface area contributed by atoms with Gasteiger partial charge in [-0.3, -0.25) is 4.79 Å². The molecule has 0 radical (unpaired) electrons. The molecule has 0 aliphatic carbocycles. The lowest BCUT2D eigenvalue weighted by atomic mass is 9.86. The quantitative estimate of drug-likeness (QED) is 0.477. The van der Waals surface area contributed by atoms with Gasteiger partial charge in [-0.05, 0) is 42.6 Å². The third kappa shape index (κ3) is 3.54. The molecule has 0 saturated heterocycles. The van der Waals surface area contributed by atoms with Gasteiger partial charge in [0.05, 0.1) is 12.6 Å². The Morgan fingerprint density at radius 2 is 2.00 bits per heavy atom. The maximum absolute atomic E-state index is 14.7. The molecule has 0 saturated carbocycles. The number of pyridine rings is 1. The first-order chi connectivity index (χ1) is 14.3. The van der Waals surface area contributed by atoms with Gasteiger partial charge < -0.3 is 9.67 Å². The Labute approximate surface area is 178 Å². The highest BCUT2D eigenvalue weighted by Crippen LogP contribution is 2.36. The highest BCUT2D eigenvalue weighted by atomic mass is 79.9. The second-order valence-corrected chi connectivity index (χ2v) is 7.99. The molecule has 4 aromatic rings. The van der Waals surface area contributed by atoms with Crippen molar-refractivity contribution in [2.45, 2.75) is 25.1 Å². The van der Waals surface area contributed by atoms with Crippen LogP contribution in [0.25, 0.3) is 10.8 Å². The molecule has 6 nitrogen and oxygen atoms in total. The van der Waals surface area contributed by atoms with E-state index >= 15 is 0 Å². The van der Waals surface area contributed by atoms with Gasteiger partial charge in [-0.2, -0.15) is 5.10 Å². The number of hydrogen-bond acceptors (Lipinski definition) is 4. The molecule has 0 unspecified atom stereocenters. The maximum atomic E-state index is 14.7. The van der Waals surface area contributed by atoms with E-state index < -0.39 is 23.3 Å². The van der Waals surface area contributed by atoms with Crippen LogP contribution in [0, 0.1) is 11.6 Å². The van der Waals surface area contributed by atoms with E-state index in [2.05, 4.69) is 26.0 Å². The minimum atomic E-state index is -1.92. The van der Waals surface area contributed by atoms with Gasteiger partial charge in [0.15, 0.2) is 0 Å². The van der Waals surface area contributed by atoms with Crippen LogP contribution in [-0.4, -0.2) is 24.4 Å². The van der Waals surface area contributed by atoms with Gasteiger partial charge in [-0.25, -0.2) is 18.4 Å². The summed E-state index contributed by atoms with van der Waals surface area (Å²) in [5.41, 5.74) is -2.40. The number of hydrogen-bond donors (Lipinski definition) is 1. The van der Waals surface area contributed by atoms with E-state index in [0.29, 0.717) is 11.5 Å². The molecule has 1 N–H and O–H groups in total. The minimum Gasteiger partial charge on any atom is -0.381 e. The highest BCUT2D eigenvalue weighted by molar-refractivity contribution is 9.10. The van der Waals surface area contributed by atoms with Crippen LogP contribution >= 0.6 is 15.9 Å². The molecular formula is C21H17BrF2N4O2. The molecule has 2 atom stereocenters. The van der Waals surface area contributed by atoms with Crippen molar-refractivity contribution in [1.82, 2.24) is 19.3 Å². The number of halogens is 3. The predicted molar refractivity (Wildman–Crippen MR) is 111 cm³/mol. The van der Waals surface area contributed by atoms with Gasteiger partial charge in [0.1, 0.15) is 29.9 Å². The summed E-state index contributed by atoms with van der Waals surface area (Å²) in [6, 6.07) is 9.03. The van der Waals surface area contributed by atoms with E-state index in [1.54, 1.807) is 31.3 Å². The summed E-state index contributed by atoms with van der Waals surface area (Å²) < 4.78 is 31.7. The van der Waals surface area contributed by atoms with Crippen molar-refractivity contribution >= 4 is 26.7 Å². The predicted octanol–water partition coefficient (Wildman–Crippen LogP) is 3.78. The van der Waals surface area contributed by atoms with Crippen molar-refractivity contribution in [1.29, 1.82) is 0 Å². The van der Waals surface area contributed by atoms with Gasteiger partial charge >= 0.3 is 0 Å². The SMILES string of the molecule is C[C@@H](n1ccc2cc(Br)ccc2c1=O)[C@](O)(Cn1cncn1)c1ccc(F)cc1F. The van der Waals surface area contributed by atoms with E-state index in [1.807, 2.05) is 6.07 Å². The van der Waals surface area contributed by atoms with Crippen molar-refractivity contribution in [2.24, 2.45) is 0 Å². The van der Waals surface area contributed by atoms with Crippen molar-refractivity contribution < 1.29 is 13.9 Å². The molecule has 4 rings (SSSR count). The first kappa shape index (κ1) is 20.4. The van der Waals surface area contributed by atoms with Gasteiger partial charge in [0.2, 0.25) is 0 Å². The molecule has 0 aliphatic rings. The Bertz CT molecular complexity index is 1280. The molecule has 0 aliphatic heterocycles. The topological polar surface area (TPSA) is 72.9 Å². The summed E-state index contributed by atoms with van der Waals surface area (Å²) >= 11 is 3.38. The molecular weight excluding hydrogens is 458 g/mol. The van der Waals surface area contributed by atoms with Gasteiger partial charge in [0.25, 0.3) is 5.56 Å². The molecule has 2 aromatic carbocycles. The van der Waals surface area contributed by atoms with Gasteiger partial charge in [0, 0.05) is 27.7 Å². The van der Waals surface area contributed by atoms with Crippen molar-refractivity contribution in [3.63, 3.8) is 0 Å². The number of aromatic nitrogens is 4. The van der Waals surface area contributed by atoms with Crippen LogP contribution in [0.3, 0.4) is 0 Å².